The number of rotatable bonds is 5. The number of carbonyl (C=O) groups is 1. The summed E-state index contributed by atoms with van der Waals surface area (Å²) in [5, 5.41) is 10.1. The van der Waals surface area contributed by atoms with Crippen molar-refractivity contribution in [1.82, 2.24) is 19.7 Å². The van der Waals surface area contributed by atoms with E-state index in [0.29, 0.717) is 5.56 Å². The molecule has 0 bridgehead atoms. The van der Waals surface area contributed by atoms with Crippen LogP contribution in [-0.4, -0.2) is 30.8 Å². The lowest BCUT2D eigenvalue weighted by molar-refractivity contribution is 0.0995. The number of nitrogens with one attached hydrogen (secondary N) is 1. The molecule has 27 heavy (non-hydrogen) atoms. The summed E-state index contributed by atoms with van der Waals surface area (Å²) in [5.41, 5.74) is 3.88. The Morgan fingerprint density at radius 1 is 1.11 bits per heavy atom. The predicted molar refractivity (Wildman–Crippen MR) is 109 cm³/mol. The number of benzene rings is 2. The van der Waals surface area contributed by atoms with E-state index < -0.39 is 0 Å². The molecule has 1 N–H and O–H groups in total. The molecule has 0 unspecified atom stereocenters. The van der Waals surface area contributed by atoms with Gasteiger partial charge in [0.25, 0.3) is 0 Å². The molecule has 0 saturated heterocycles. The van der Waals surface area contributed by atoms with Gasteiger partial charge in [0.05, 0.1) is 5.25 Å². The van der Waals surface area contributed by atoms with Crippen molar-refractivity contribution in [2.45, 2.75) is 24.3 Å². The lowest BCUT2D eigenvalue weighted by Crippen LogP contribution is -2.14. The van der Waals surface area contributed by atoms with E-state index in [2.05, 4.69) is 28.2 Å². The van der Waals surface area contributed by atoms with Crippen LogP contribution in [0, 0.1) is 6.92 Å². The van der Waals surface area contributed by atoms with Gasteiger partial charge in [0.15, 0.2) is 16.8 Å². The van der Waals surface area contributed by atoms with Crippen LogP contribution in [0.15, 0.2) is 59.9 Å². The molecule has 2 aromatic heterocycles. The molecular formula is C21H20N4OS. The summed E-state index contributed by atoms with van der Waals surface area (Å²) in [7, 11) is 1.94. The third-order valence-corrected chi connectivity index (χ3v) is 5.86. The molecule has 0 spiro atoms. The molecule has 0 aliphatic heterocycles. The number of carbonyl (C=O) groups excluding carboxylic acids is 1. The van der Waals surface area contributed by atoms with Crippen molar-refractivity contribution < 1.29 is 4.79 Å². The first-order valence-corrected chi connectivity index (χ1v) is 9.66. The van der Waals surface area contributed by atoms with Crippen molar-refractivity contribution in [2.75, 3.05) is 0 Å². The van der Waals surface area contributed by atoms with Gasteiger partial charge < -0.3 is 9.55 Å². The summed E-state index contributed by atoms with van der Waals surface area (Å²) < 4.78 is 1.95. The molecule has 2 aromatic carbocycles. The van der Waals surface area contributed by atoms with Gasteiger partial charge in [0.1, 0.15) is 0 Å². The molecular weight excluding hydrogens is 356 g/mol. The number of aromatic nitrogens is 4. The third-order valence-electron chi connectivity index (χ3n) is 4.73. The van der Waals surface area contributed by atoms with Gasteiger partial charge in [-0.3, -0.25) is 4.79 Å². The lowest BCUT2D eigenvalue weighted by atomic mass is 10.1. The number of thioether (sulfide) groups is 1. The lowest BCUT2D eigenvalue weighted by Gasteiger charge is -2.10. The van der Waals surface area contributed by atoms with E-state index in [1.54, 1.807) is 6.20 Å². The van der Waals surface area contributed by atoms with Gasteiger partial charge in [-0.2, -0.15) is 0 Å². The van der Waals surface area contributed by atoms with Gasteiger partial charge in [0.2, 0.25) is 0 Å². The summed E-state index contributed by atoms with van der Waals surface area (Å²) in [6.45, 7) is 3.97. The molecule has 6 heteroatoms. The number of fused-ring (bicyclic) bond motifs is 1. The second kappa shape index (κ2) is 7.04. The van der Waals surface area contributed by atoms with E-state index >= 15 is 0 Å². The van der Waals surface area contributed by atoms with Gasteiger partial charge >= 0.3 is 0 Å². The summed E-state index contributed by atoms with van der Waals surface area (Å²) in [6, 6.07) is 15.9. The van der Waals surface area contributed by atoms with Crippen LogP contribution in [0.5, 0.6) is 0 Å². The number of aryl methyl sites for hydroxylation is 1. The van der Waals surface area contributed by atoms with Crippen molar-refractivity contribution in [3.05, 3.63) is 65.9 Å². The van der Waals surface area contributed by atoms with Crippen LogP contribution in [0.3, 0.4) is 0 Å². The average molecular weight is 376 g/mol. The fraction of sp³-hybridized carbons (Fsp3) is 0.190. The zero-order valence-electron chi connectivity index (χ0n) is 15.4. The summed E-state index contributed by atoms with van der Waals surface area (Å²) in [4.78, 5) is 16.1. The van der Waals surface area contributed by atoms with Crippen LogP contribution in [0.25, 0.3) is 22.3 Å². The first-order chi connectivity index (χ1) is 13.1. The molecule has 0 radical (unpaired) electrons. The van der Waals surface area contributed by atoms with E-state index in [1.807, 2.05) is 61.0 Å². The van der Waals surface area contributed by atoms with Gasteiger partial charge in [-0.25, -0.2) is 0 Å². The zero-order valence-corrected chi connectivity index (χ0v) is 16.2. The molecule has 0 amide bonds. The topological polar surface area (TPSA) is 63.6 Å². The second-order valence-corrected chi connectivity index (χ2v) is 7.86. The van der Waals surface area contributed by atoms with Crippen LogP contribution < -0.4 is 0 Å². The smallest absolute Gasteiger partial charge is 0.191 e. The summed E-state index contributed by atoms with van der Waals surface area (Å²) in [6.07, 6.45) is 1.79. The highest BCUT2D eigenvalue weighted by atomic mass is 32.2. The molecule has 0 saturated carbocycles. The molecule has 0 aliphatic carbocycles. The van der Waals surface area contributed by atoms with Gasteiger partial charge in [0, 0.05) is 35.3 Å². The molecule has 5 nitrogen and oxygen atoms in total. The van der Waals surface area contributed by atoms with Gasteiger partial charge in [-0.1, -0.05) is 54.2 Å². The highest BCUT2D eigenvalue weighted by molar-refractivity contribution is 8.00. The number of H-pyrrole nitrogens is 1. The molecule has 0 aliphatic rings. The molecule has 0 fully saturated rings. The zero-order chi connectivity index (χ0) is 19.0. The fourth-order valence-corrected chi connectivity index (χ4v) is 4.06. The molecule has 1 atom stereocenters. The monoisotopic (exact) mass is 376 g/mol. The summed E-state index contributed by atoms with van der Waals surface area (Å²) in [5.74, 6) is 0.889. The van der Waals surface area contributed by atoms with Crippen LogP contribution in [0.2, 0.25) is 0 Å². The van der Waals surface area contributed by atoms with Crippen LogP contribution in [0.4, 0.5) is 0 Å². The van der Waals surface area contributed by atoms with Crippen molar-refractivity contribution in [1.29, 1.82) is 0 Å². The van der Waals surface area contributed by atoms with Crippen molar-refractivity contribution in [2.24, 2.45) is 7.05 Å². The Morgan fingerprint density at radius 3 is 2.67 bits per heavy atom. The highest BCUT2D eigenvalue weighted by Crippen LogP contribution is 2.30. The Morgan fingerprint density at radius 2 is 1.85 bits per heavy atom. The predicted octanol–water partition coefficient (Wildman–Crippen LogP) is 4.64. The minimum absolute atomic E-state index is 0.0814. The first-order valence-electron chi connectivity index (χ1n) is 8.78. The number of Topliss-reactive ketones (excluding diaryl/α,β-unsaturated/α-hetero) is 1. The number of aromatic amines is 1. The number of hydrogen-bond donors (Lipinski definition) is 1. The largest absolute Gasteiger partial charge is 0.360 e. The van der Waals surface area contributed by atoms with Gasteiger partial charge in [-0.05, 0) is 25.5 Å². The van der Waals surface area contributed by atoms with Crippen LogP contribution >= 0.6 is 11.8 Å². The Bertz CT molecular complexity index is 1130. The SMILES string of the molecule is Cc1ccccc1-c1nnc(S[C@H](C)C(=O)c2c[nH]c3ccccc23)n1C. The molecule has 136 valence electrons. The van der Waals surface area contributed by atoms with E-state index in [0.717, 1.165) is 33.0 Å². The number of hydrogen-bond acceptors (Lipinski definition) is 4. The molecule has 4 rings (SSSR count). The van der Waals surface area contributed by atoms with E-state index in [4.69, 9.17) is 0 Å². The first kappa shape index (κ1) is 17.5. The standard InChI is InChI=1S/C21H20N4OS/c1-13-8-4-5-9-15(13)20-23-24-21(25(20)3)27-14(2)19(26)17-12-22-18-11-7-6-10-16(17)18/h4-12,14,22H,1-3H3/t14-/m1/s1. The van der Waals surface area contributed by atoms with Crippen molar-refractivity contribution >= 4 is 28.4 Å². The fourth-order valence-electron chi connectivity index (χ4n) is 3.18. The highest BCUT2D eigenvalue weighted by Gasteiger charge is 2.23. The number of para-hydroxylation sites is 1. The van der Waals surface area contributed by atoms with Crippen LogP contribution in [-0.2, 0) is 7.05 Å². The maximum atomic E-state index is 13.0. The minimum Gasteiger partial charge on any atom is -0.360 e. The number of nitrogens with zero attached hydrogens (tertiary/aromatic N) is 3. The maximum Gasteiger partial charge on any atom is 0.191 e. The average Bonchev–Trinajstić information content (AvgIpc) is 3.26. The molecule has 4 aromatic rings. The normalized spacial score (nSPS) is 12.4. The van der Waals surface area contributed by atoms with E-state index in [-0.39, 0.29) is 11.0 Å². The quantitative estimate of drug-likeness (QED) is 0.407. The van der Waals surface area contributed by atoms with E-state index in [1.165, 1.54) is 11.8 Å². The maximum absolute atomic E-state index is 13.0. The Balaban J connectivity index is 1.59. The van der Waals surface area contributed by atoms with Crippen LogP contribution in [0.1, 0.15) is 22.8 Å². The van der Waals surface area contributed by atoms with Crippen molar-refractivity contribution in [3.63, 3.8) is 0 Å². The summed E-state index contributed by atoms with van der Waals surface area (Å²) >= 11 is 1.43. The Kier molecular flexibility index (Phi) is 4.58. The van der Waals surface area contributed by atoms with E-state index in [9.17, 15) is 4.79 Å². The van der Waals surface area contributed by atoms with Gasteiger partial charge in [-0.15, -0.1) is 10.2 Å². The Labute approximate surface area is 161 Å². The minimum atomic E-state index is -0.267. The Hall–Kier alpha value is -2.86. The second-order valence-electron chi connectivity index (χ2n) is 6.55. The number of ketones is 1. The molecule has 2 heterocycles. The van der Waals surface area contributed by atoms with Crippen molar-refractivity contribution in [3.8, 4) is 11.4 Å². The third kappa shape index (κ3) is 3.17.